The average molecular weight is 274 g/mol. The zero-order chi connectivity index (χ0) is 14.1. The maximum atomic E-state index is 12.5. The van der Waals surface area contributed by atoms with Crippen LogP contribution in [-0.4, -0.2) is 55.9 Å². The fourth-order valence-corrected chi connectivity index (χ4v) is 2.33. The van der Waals surface area contributed by atoms with Crippen LogP contribution in [0.5, 0.6) is 0 Å². The van der Waals surface area contributed by atoms with Gasteiger partial charge in [0.15, 0.2) is 0 Å². The van der Waals surface area contributed by atoms with Crippen LogP contribution in [0.3, 0.4) is 0 Å². The summed E-state index contributed by atoms with van der Waals surface area (Å²) in [6, 6.07) is 0. The molecule has 1 N–H and O–H groups in total. The molecule has 104 valence electrons. The molecule has 1 fully saturated rings. The smallest absolute Gasteiger partial charge is 0.257 e. The lowest BCUT2D eigenvalue weighted by Gasteiger charge is -2.27. The molecule has 2 aromatic heterocycles. The van der Waals surface area contributed by atoms with Gasteiger partial charge in [0.25, 0.3) is 11.7 Å². The molecule has 0 unspecified atom stereocenters. The number of amides is 2. The van der Waals surface area contributed by atoms with Gasteiger partial charge in [-0.1, -0.05) is 6.92 Å². The zero-order valence-electron chi connectivity index (χ0n) is 11.0. The molecular weight excluding hydrogens is 260 g/mol. The van der Waals surface area contributed by atoms with Gasteiger partial charge in [-0.3, -0.25) is 9.59 Å². The third-order valence-electron chi connectivity index (χ3n) is 3.30. The maximum Gasteiger partial charge on any atom is 0.257 e. The summed E-state index contributed by atoms with van der Waals surface area (Å²) < 4.78 is 1.57. The molecule has 8 heteroatoms. The van der Waals surface area contributed by atoms with Crippen LogP contribution in [0.2, 0.25) is 0 Å². The van der Waals surface area contributed by atoms with E-state index < -0.39 is 0 Å². The number of carbonyl (C=O) groups is 2. The van der Waals surface area contributed by atoms with Crippen molar-refractivity contribution < 1.29 is 9.59 Å². The van der Waals surface area contributed by atoms with Crippen molar-refractivity contribution in [3.63, 3.8) is 0 Å². The van der Waals surface area contributed by atoms with Crippen molar-refractivity contribution in [2.45, 2.75) is 13.3 Å². The molecule has 2 amide bonds. The van der Waals surface area contributed by atoms with Gasteiger partial charge >= 0.3 is 0 Å². The minimum atomic E-state index is -0.193. The first-order valence-electron chi connectivity index (χ1n) is 6.44. The van der Waals surface area contributed by atoms with Crippen LogP contribution in [0.15, 0.2) is 12.5 Å². The highest BCUT2D eigenvalue weighted by molar-refractivity contribution is 5.97. The lowest BCUT2D eigenvalue weighted by Crippen LogP contribution is -2.50. The van der Waals surface area contributed by atoms with Crippen molar-refractivity contribution in [2.75, 3.05) is 19.6 Å². The summed E-state index contributed by atoms with van der Waals surface area (Å²) >= 11 is 0. The highest BCUT2D eigenvalue weighted by Gasteiger charge is 2.25. The molecule has 0 saturated carbocycles. The number of fused-ring (bicyclic) bond motifs is 1. The first-order chi connectivity index (χ1) is 9.70. The number of nitrogens with one attached hydrogen (secondary N) is 1. The SMILES string of the molecule is CCc1c(C(=O)N2CCNC(=O)C2)cnc2ncnn12. The Bertz CT molecular complexity index is 680. The van der Waals surface area contributed by atoms with Gasteiger partial charge in [0.2, 0.25) is 5.91 Å². The molecule has 0 radical (unpaired) electrons. The Morgan fingerprint density at radius 1 is 1.45 bits per heavy atom. The molecule has 0 bridgehead atoms. The van der Waals surface area contributed by atoms with E-state index in [1.54, 1.807) is 4.52 Å². The number of aromatic nitrogens is 4. The zero-order valence-corrected chi connectivity index (χ0v) is 11.0. The Morgan fingerprint density at radius 2 is 2.30 bits per heavy atom. The third kappa shape index (κ3) is 1.98. The average Bonchev–Trinajstić information content (AvgIpc) is 2.93. The number of hydrogen-bond acceptors (Lipinski definition) is 5. The van der Waals surface area contributed by atoms with Crippen LogP contribution < -0.4 is 5.32 Å². The second-order valence-corrected chi connectivity index (χ2v) is 4.52. The van der Waals surface area contributed by atoms with Crippen LogP contribution in [0.4, 0.5) is 0 Å². The van der Waals surface area contributed by atoms with Crippen LogP contribution in [0.1, 0.15) is 23.0 Å². The predicted molar refractivity (Wildman–Crippen MR) is 69.1 cm³/mol. The van der Waals surface area contributed by atoms with Gasteiger partial charge in [-0.2, -0.15) is 10.1 Å². The lowest BCUT2D eigenvalue weighted by molar-refractivity contribution is -0.123. The molecule has 1 aliphatic heterocycles. The number of piperazine rings is 1. The first kappa shape index (κ1) is 12.5. The molecule has 0 atom stereocenters. The molecule has 3 heterocycles. The summed E-state index contributed by atoms with van der Waals surface area (Å²) in [6.07, 6.45) is 3.55. The van der Waals surface area contributed by atoms with E-state index in [1.807, 2.05) is 6.92 Å². The van der Waals surface area contributed by atoms with Gasteiger partial charge in [0.05, 0.1) is 17.8 Å². The van der Waals surface area contributed by atoms with Crippen LogP contribution >= 0.6 is 0 Å². The van der Waals surface area contributed by atoms with E-state index in [2.05, 4.69) is 20.4 Å². The van der Waals surface area contributed by atoms with Crippen LogP contribution in [0.25, 0.3) is 5.78 Å². The second-order valence-electron chi connectivity index (χ2n) is 4.52. The molecular formula is C12H14N6O2. The van der Waals surface area contributed by atoms with Gasteiger partial charge < -0.3 is 10.2 Å². The summed E-state index contributed by atoms with van der Waals surface area (Å²) in [5.41, 5.74) is 1.23. The third-order valence-corrected chi connectivity index (χ3v) is 3.30. The van der Waals surface area contributed by atoms with Crippen molar-refractivity contribution in [1.29, 1.82) is 0 Å². The Kier molecular flexibility index (Phi) is 3.05. The number of rotatable bonds is 2. The van der Waals surface area contributed by atoms with Crippen LogP contribution in [-0.2, 0) is 11.2 Å². The first-order valence-corrected chi connectivity index (χ1v) is 6.44. The van der Waals surface area contributed by atoms with Crippen molar-refractivity contribution in [1.82, 2.24) is 29.8 Å². The fourth-order valence-electron chi connectivity index (χ4n) is 2.33. The number of aryl methyl sites for hydroxylation is 1. The van der Waals surface area contributed by atoms with Gasteiger partial charge in [0.1, 0.15) is 6.33 Å². The van der Waals surface area contributed by atoms with Gasteiger partial charge in [-0.15, -0.1) is 0 Å². The number of hydrogen-bond donors (Lipinski definition) is 1. The molecule has 3 rings (SSSR count). The minimum Gasteiger partial charge on any atom is -0.353 e. The summed E-state index contributed by atoms with van der Waals surface area (Å²) in [6.45, 7) is 3.00. The van der Waals surface area contributed by atoms with Crippen molar-refractivity contribution in [3.8, 4) is 0 Å². The minimum absolute atomic E-state index is 0.0807. The van der Waals surface area contributed by atoms with Gasteiger partial charge in [0, 0.05) is 19.3 Å². The largest absolute Gasteiger partial charge is 0.353 e. The van der Waals surface area contributed by atoms with Crippen molar-refractivity contribution in [2.24, 2.45) is 0 Å². The lowest BCUT2D eigenvalue weighted by atomic mass is 10.1. The normalized spacial score (nSPS) is 15.4. The molecule has 8 nitrogen and oxygen atoms in total. The Labute approximate surface area is 114 Å². The molecule has 20 heavy (non-hydrogen) atoms. The van der Waals surface area contributed by atoms with Crippen LogP contribution in [0, 0.1) is 0 Å². The highest BCUT2D eigenvalue weighted by Crippen LogP contribution is 2.13. The number of carbonyl (C=O) groups excluding carboxylic acids is 2. The van der Waals surface area contributed by atoms with E-state index in [4.69, 9.17) is 0 Å². The molecule has 2 aromatic rings. The van der Waals surface area contributed by atoms with E-state index in [9.17, 15) is 9.59 Å². The fraction of sp³-hybridized carbons (Fsp3) is 0.417. The van der Waals surface area contributed by atoms with Gasteiger partial charge in [-0.05, 0) is 6.42 Å². The van der Waals surface area contributed by atoms with E-state index in [1.165, 1.54) is 17.4 Å². The van der Waals surface area contributed by atoms with E-state index >= 15 is 0 Å². The molecule has 1 aliphatic rings. The quantitative estimate of drug-likeness (QED) is 0.778. The second kappa shape index (κ2) is 4.87. The van der Waals surface area contributed by atoms with Crippen molar-refractivity contribution >= 4 is 17.6 Å². The van der Waals surface area contributed by atoms with E-state index in [0.29, 0.717) is 30.9 Å². The Hall–Kier alpha value is -2.51. The predicted octanol–water partition coefficient (Wildman–Crippen LogP) is -0.741. The van der Waals surface area contributed by atoms with E-state index in [-0.39, 0.29) is 18.4 Å². The molecule has 0 aliphatic carbocycles. The number of nitrogens with zero attached hydrogens (tertiary/aromatic N) is 5. The monoisotopic (exact) mass is 274 g/mol. The Morgan fingerprint density at radius 3 is 3.05 bits per heavy atom. The highest BCUT2D eigenvalue weighted by atomic mass is 16.2. The summed E-state index contributed by atoms with van der Waals surface area (Å²) in [4.78, 5) is 33.6. The maximum absolute atomic E-state index is 12.5. The topological polar surface area (TPSA) is 92.5 Å². The van der Waals surface area contributed by atoms with Gasteiger partial charge in [-0.25, -0.2) is 9.50 Å². The Balaban J connectivity index is 2.00. The molecule has 1 saturated heterocycles. The summed E-state index contributed by atoms with van der Waals surface area (Å²) in [5.74, 6) is 0.133. The summed E-state index contributed by atoms with van der Waals surface area (Å²) in [5, 5.41) is 6.78. The molecule has 0 spiro atoms. The summed E-state index contributed by atoms with van der Waals surface area (Å²) in [7, 11) is 0. The van der Waals surface area contributed by atoms with E-state index in [0.717, 1.165) is 5.69 Å². The molecule has 0 aromatic carbocycles. The van der Waals surface area contributed by atoms with Crippen molar-refractivity contribution in [3.05, 3.63) is 23.8 Å². The standard InChI is InChI=1S/C12H14N6O2/c1-2-9-8(5-14-12-15-7-16-18(9)12)11(20)17-4-3-13-10(19)6-17/h5,7H,2-4,6H2,1H3,(H,13,19).